The summed E-state index contributed by atoms with van der Waals surface area (Å²) < 4.78 is 7.91. The molecule has 0 amide bonds. The summed E-state index contributed by atoms with van der Waals surface area (Å²) >= 11 is 0. The van der Waals surface area contributed by atoms with Crippen molar-refractivity contribution in [3.05, 3.63) is 72.5 Å². The number of anilines is 1. The summed E-state index contributed by atoms with van der Waals surface area (Å²) in [4.78, 5) is 9.68. The Morgan fingerprint density at radius 2 is 1.79 bits per heavy atom. The second kappa shape index (κ2) is 7.17. The van der Waals surface area contributed by atoms with E-state index in [1.807, 2.05) is 18.2 Å². The van der Waals surface area contributed by atoms with E-state index in [1.165, 1.54) is 11.3 Å². The predicted octanol–water partition coefficient (Wildman–Crippen LogP) is 4.10. The molecular weight excluding hydrogens is 348 g/mol. The van der Waals surface area contributed by atoms with Gasteiger partial charge >= 0.3 is 0 Å². The van der Waals surface area contributed by atoms with Gasteiger partial charge in [-0.25, -0.2) is 4.98 Å². The molecule has 0 saturated carbocycles. The number of piperazine rings is 1. The van der Waals surface area contributed by atoms with Crippen LogP contribution in [0.1, 0.15) is 5.56 Å². The highest BCUT2D eigenvalue weighted by Gasteiger charge is 2.17. The highest BCUT2D eigenvalue weighted by atomic mass is 16.3. The van der Waals surface area contributed by atoms with Crippen molar-refractivity contribution in [1.29, 1.82) is 0 Å². The van der Waals surface area contributed by atoms with Gasteiger partial charge in [-0.1, -0.05) is 24.3 Å². The minimum Gasteiger partial charge on any atom is -0.461 e. The number of para-hydroxylation sites is 2. The Kier molecular flexibility index (Phi) is 4.37. The number of furan rings is 1. The van der Waals surface area contributed by atoms with Crippen LogP contribution in [0.4, 0.5) is 5.69 Å². The predicted molar refractivity (Wildman–Crippen MR) is 113 cm³/mol. The number of rotatable bonds is 4. The first-order valence-electron chi connectivity index (χ1n) is 9.79. The molecule has 1 saturated heterocycles. The number of fused-ring (bicyclic) bond motifs is 1. The fourth-order valence-electron chi connectivity index (χ4n) is 3.93. The number of benzene rings is 2. The zero-order chi connectivity index (χ0) is 18.9. The second-order valence-corrected chi connectivity index (χ2v) is 7.45. The molecule has 0 aliphatic carbocycles. The number of nitrogens with zero attached hydrogens (tertiary/aromatic N) is 4. The summed E-state index contributed by atoms with van der Waals surface area (Å²) in [6.07, 6.45) is 1.70. The van der Waals surface area contributed by atoms with E-state index in [0.717, 1.165) is 55.3 Å². The van der Waals surface area contributed by atoms with E-state index in [1.54, 1.807) is 6.26 Å². The van der Waals surface area contributed by atoms with Crippen LogP contribution in [0.3, 0.4) is 0 Å². The van der Waals surface area contributed by atoms with Gasteiger partial charge in [0.1, 0.15) is 0 Å². The molecule has 28 heavy (non-hydrogen) atoms. The number of hydrogen-bond donors (Lipinski definition) is 0. The van der Waals surface area contributed by atoms with Crippen molar-refractivity contribution in [3.8, 4) is 11.6 Å². The Hall–Kier alpha value is -3.05. The maximum atomic E-state index is 5.66. The average Bonchev–Trinajstić information content (AvgIpc) is 3.37. The summed E-state index contributed by atoms with van der Waals surface area (Å²) in [5.74, 6) is 1.67. The first-order chi connectivity index (χ1) is 13.8. The smallest absolute Gasteiger partial charge is 0.177 e. The molecule has 0 spiro atoms. The van der Waals surface area contributed by atoms with Gasteiger partial charge < -0.3 is 18.8 Å². The summed E-state index contributed by atoms with van der Waals surface area (Å²) in [5, 5.41) is 0. The van der Waals surface area contributed by atoms with Crippen molar-refractivity contribution in [2.75, 3.05) is 38.1 Å². The zero-order valence-corrected chi connectivity index (χ0v) is 16.1. The highest BCUT2D eigenvalue weighted by molar-refractivity contribution is 5.80. The lowest BCUT2D eigenvalue weighted by Crippen LogP contribution is -2.44. The third-order valence-corrected chi connectivity index (χ3v) is 5.52. The standard InChI is InChI=1S/C23H24N4O/c1-25-11-13-26(14-12-25)19-7-4-6-18(16-19)17-27-21-9-3-2-8-20(21)24-23(27)22-10-5-15-28-22/h2-10,15-16H,11-14,17H2,1H3. The van der Waals surface area contributed by atoms with Gasteiger partial charge in [0.25, 0.3) is 0 Å². The molecule has 0 N–H and O–H groups in total. The van der Waals surface area contributed by atoms with Crippen molar-refractivity contribution < 1.29 is 4.42 Å². The van der Waals surface area contributed by atoms with Crippen molar-refractivity contribution in [3.63, 3.8) is 0 Å². The average molecular weight is 372 g/mol. The first kappa shape index (κ1) is 17.1. The Morgan fingerprint density at radius 3 is 2.61 bits per heavy atom. The van der Waals surface area contributed by atoms with Crippen LogP contribution in [0.5, 0.6) is 0 Å². The third-order valence-electron chi connectivity index (χ3n) is 5.52. The quantitative estimate of drug-likeness (QED) is 0.541. The van der Waals surface area contributed by atoms with Gasteiger partial charge in [0.2, 0.25) is 0 Å². The molecule has 142 valence electrons. The molecule has 0 bridgehead atoms. The molecule has 0 radical (unpaired) electrons. The zero-order valence-electron chi connectivity index (χ0n) is 16.1. The van der Waals surface area contributed by atoms with E-state index in [4.69, 9.17) is 9.40 Å². The molecule has 2 aromatic carbocycles. The molecule has 0 atom stereocenters. The lowest BCUT2D eigenvalue weighted by Gasteiger charge is -2.34. The third kappa shape index (κ3) is 3.18. The van der Waals surface area contributed by atoms with Crippen LogP contribution in [0.2, 0.25) is 0 Å². The van der Waals surface area contributed by atoms with E-state index in [-0.39, 0.29) is 0 Å². The summed E-state index contributed by atoms with van der Waals surface area (Å²) in [7, 11) is 2.19. The van der Waals surface area contributed by atoms with Crippen LogP contribution in [0, 0.1) is 0 Å². The molecule has 4 aromatic rings. The van der Waals surface area contributed by atoms with Crippen LogP contribution >= 0.6 is 0 Å². The molecular formula is C23H24N4O. The van der Waals surface area contributed by atoms with Crippen LogP contribution in [0.15, 0.2) is 71.3 Å². The lowest BCUT2D eigenvalue weighted by atomic mass is 10.1. The van der Waals surface area contributed by atoms with Crippen LogP contribution < -0.4 is 4.90 Å². The Morgan fingerprint density at radius 1 is 0.929 bits per heavy atom. The monoisotopic (exact) mass is 372 g/mol. The largest absolute Gasteiger partial charge is 0.461 e. The van der Waals surface area contributed by atoms with E-state index in [2.05, 4.69) is 63.9 Å². The van der Waals surface area contributed by atoms with E-state index >= 15 is 0 Å². The van der Waals surface area contributed by atoms with Gasteiger partial charge in [-0.05, 0) is 49.0 Å². The van der Waals surface area contributed by atoms with Crippen molar-refractivity contribution in [2.45, 2.75) is 6.54 Å². The SMILES string of the molecule is CN1CCN(c2cccc(Cn3c(-c4ccco4)nc4ccccc43)c2)CC1. The number of aromatic nitrogens is 2. The van der Waals surface area contributed by atoms with Gasteiger partial charge in [0, 0.05) is 38.4 Å². The van der Waals surface area contributed by atoms with Crippen LogP contribution in [0.25, 0.3) is 22.6 Å². The van der Waals surface area contributed by atoms with Gasteiger partial charge in [-0.15, -0.1) is 0 Å². The van der Waals surface area contributed by atoms with Crippen molar-refractivity contribution in [2.24, 2.45) is 0 Å². The molecule has 2 aromatic heterocycles. The molecule has 5 nitrogen and oxygen atoms in total. The summed E-state index contributed by atoms with van der Waals surface area (Å²) in [6, 6.07) is 21.0. The second-order valence-electron chi connectivity index (χ2n) is 7.45. The molecule has 5 heteroatoms. The molecule has 1 aliphatic heterocycles. The summed E-state index contributed by atoms with van der Waals surface area (Å²) in [5.41, 5.74) is 4.69. The molecule has 3 heterocycles. The minimum absolute atomic E-state index is 0.762. The normalized spacial score (nSPS) is 15.4. The fraction of sp³-hybridized carbons (Fsp3) is 0.261. The highest BCUT2D eigenvalue weighted by Crippen LogP contribution is 2.27. The maximum absolute atomic E-state index is 5.66. The van der Waals surface area contributed by atoms with Gasteiger partial charge in [-0.3, -0.25) is 0 Å². The minimum atomic E-state index is 0.762. The van der Waals surface area contributed by atoms with Crippen molar-refractivity contribution in [1.82, 2.24) is 14.5 Å². The van der Waals surface area contributed by atoms with Gasteiger partial charge in [0.05, 0.1) is 17.3 Å². The lowest BCUT2D eigenvalue weighted by molar-refractivity contribution is 0.313. The Labute approximate surface area is 164 Å². The number of hydrogen-bond acceptors (Lipinski definition) is 4. The fourth-order valence-corrected chi connectivity index (χ4v) is 3.93. The van der Waals surface area contributed by atoms with Crippen molar-refractivity contribution >= 4 is 16.7 Å². The molecule has 5 rings (SSSR count). The van der Waals surface area contributed by atoms with E-state index < -0.39 is 0 Å². The van der Waals surface area contributed by atoms with E-state index in [0.29, 0.717) is 0 Å². The van der Waals surface area contributed by atoms with Crippen LogP contribution in [-0.2, 0) is 6.54 Å². The number of likely N-dealkylation sites (N-methyl/N-ethyl adjacent to an activating group) is 1. The van der Waals surface area contributed by atoms with Crippen LogP contribution in [-0.4, -0.2) is 47.7 Å². The maximum Gasteiger partial charge on any atom is 0.177 e. The molecule has 1 aliphatic rings. The molecule has 0 unspecified atom stereocenters. The Balaban J connectivity index is 1.50. The first-order valence-corrected chi connectivity index (χ1v) is 9.79. The summed E-state index contributed by atoms with van der Waals surface area (Å²) in [6.45, 7) is 5.13. The molecule has 1 fully saturated rings. The Bertz CT molecular complexity index is 1080. The van der Waals surface area contributed by atoms with E-state index in [9.17, 15) is 0 Å². The van der Waals surface area contributed by atoms with Gasteiger partial charge in [0.15, 0.2) is 11.6 Å². The van der Waals surface area contributed by atoms with Gasteiger partial charge in [-0.2, -0.15) is 0 Å². The number of imidazole rings is 1. The topological polar surface area (TPSA) is 37.4 Å².